The fourth-order valence-corrected chi connectivity index (χ4v) is 3.44. The Balaban J connectivity index is 1.55. The molecule has 0 N–H and O–H groups in total. The van der Waals surface area contributed by atoms with E-state index in [2.05, 4.69) is 22.0 Å². The highest BCUT2D eigenvalue weighted by Crippen LogP contribution is 2.24. The van der Waals surface area contributed by atoms with Crippen molar-refractivity contribution in [2.45, 2.75) is 53.2 Å². The molecule has 0 saturated carbocycles. The van der Waals surface area contributed by atoms with Crippen molar-refractivity contribution < 1.29 is 13.6 Å². The van der Waals surface area contributed by atoms with E-state index in [0.29, 0.717) is 36.1 Å². The Morgan fingerprint density at radius 3 is 2.75 bits per heavy atom. The largest absolute Gasteiger partial charge is 0.444 e. The Morgan fingerprint density at radius 1 is 1.21 bits per heavy atom. The van der Waals surface area contributed by atoms with Crippen LogP contribution in [-0.2, 0) is 30.8 Å². The van der Waals surface area contributed by atoms with Gasteiger partial charge in [-0.2, -0.15) is 5.10 Å². The monoisotopic (exact) mass is 383 g/mol. The third-order valence-corrected chi connectivity index (χ3v) is 4.85. The minimum atomic E-state index is -0.346. The summed E-state index contributed by atoms with van der Waals surface area (Å²) in [5.74, 6) is 0.996. The summed E-state index contributed by atoms with van der Waals surface area (Å²) < 4.78 is 20.8. The first-order valence-electron chi connectivity index (χ1n) is 9.37. The first kappa shape index (κ1) is 18.3. The zero-order valence-corrected chi connectivity index (χ0v) is 16.2. The van der Waals surface area contributed by atoms with Crippen molar-refractivity contribution >= 4 is 5.91 Å². The van der Waals surface area contributed by atoms with E-state index >= 15 is 0 Å². The highest BCUT2D eigenvalue weighted by atomic mass is 19.1. The van der Waals surface area contributed by atoms with Crippen LogP contribution in [0.25, 0.3) is 11.4 Å². The number of rotatable bonds is 5. The molecule has 1 aliphatic heterocycles. The van der Waals surface area contributed by atoms with Gasteiger partial charge in [-0.05, 0) is 31.5 Å². The molecule has 146 valence electrons. The molecule has 0 aliphatic carbocycles. The summed E-state index contributed by atoms with van der Waals surface area (Å²) in [7, 11) is 0. The maximum Gasteiger partial charge on any atom is 0.245 e. The maximum atomic E-state index is 13.5. The fraction of sp³-hybridized carbons (Fsp3) is 0.400. The molecular formula is C20H22FN5O2. The number of hydrogen-bond donors (Lipinski definition) is 0. The number of carbonyl (C=O) groups excluding carboxylic acids is 1. The number of amides is 1. The molecule has 4 heterocycles. The highest BCUT2D eigenvalue weighted by Gasteiger charge is 2.28. The SMILES string of the molecule is CCCc1cc(-c2ccc(F)c(C)n2)nn1CC(=O)N1Cc2nc(C)oc2C1. The Kier molecular flexibility index (Phi) is 4.70. The van der Waals surface area contributed by atoms with E-state index < -0.39 is 0 Å². The molecule has 1 aliphatic rings. The van der Waals surface area contributed by atoms with Crippen LogP contribution in [0.3, 0.4) is 0 Å². The zero-order valence-electron chi connectivity index (χ0n) is 16.2. The van der Waals surface area contributed by atoms with Gasteiger partial charge in [-0.15, -0.1) is 0 Å². The van der Waals surface area contributed by atoms with Crippen LogP contribution in [0.2, 0.25) is 0 Å². The van der Waals surface area contributed by atoms with Crippen molar-refractivity contribution in [3.8, 4) is 11.4 Å². The van der Waals surface area contributed by atoms with Crippen molar-refractivity contribution in [1.29, 1.82) is 0 Å². The zero-order chi connectivity index (χ0) is 19.8. The van der Waals surface area contributed by atoms with Crippen LogP contribution in [-0.4, -0.2) is 30.6 Å². The number of carbonyl (C=O) groups is 1. The number of nitrogens with zero attached hydrogens (tertiary/aromatic N) is 5. The van der Waals surface area contributed by atoms with Gasteiger partial charge in [-0.1, -0.05) is 13.3 Å². The van der Waals surface area contributed by atoms with E-state index in [0.717, 1.165) is 30.0 Å². The molecule has 3 aromatic heterocycles. The van der Waals surface area contributed by atoms with E-state index in [9.17, 15) is 9.18 Å². The number of halogens is 1. The van der Waals surface area contributed by atoms with Crippen molar-refractivity contribution in [3.05, 3.63) is 52.7 Å². The van der Waals surface area contributed by atoms with Crippen molar-refractivity contribution in [1.82, 2.24) is 24.6 Å². The minimum absolute atomic E-state index is 0.0406. The number of aromatic nitrogens is 4. The van der Waals surface area contributed by atoms with Gasteiger partial charge in [-0.25, -0.2) is 14.4 Å². The summed E-state index contributed by atoms with van der Waals surface area (Å²) >= 11 is 0. The van der Waals surface area contributed by atoms with Gasteiger partial charge in [0.05, 0.1) is 24.5 Å². The van der Waals surface area contributed by atoms with E-state index in [1.807, 2.05) is 6.07 Å². The molecule has 0 aromatic carbocycles. The van der Waals surface area contributed by atoms with Gasteiger partial charge >= 0.3 is 0 Å². The molecule has 0 atom stereocenters. The predicted molar refractivity (Wildman–Crippen MR) is 99.6 cm³/mol. The third kappa shape index (κ3) is 3.42. The van der Waals surface area contributed by atoms with Crippen LogP contribution in [0, 0.1) is 19.7 Å². The van der Waals surface area contributed by atoms with Gasteiger partial charge in [0.15, 0.2) is 5.89 Å². The number of pyridine rings is 1. The first-order valence-corrected chi connectivity index (χ1v) is 9.37. The molecule has 0 unspecified atom stereocenters. The average molecular weight is 383 g/mol. The Morgan fingerprint density at radius 2 is 2.04 bits per heavy atom. The van der Waals surface area contributed by atoms with E-state index in [1.54, 1.807) is 29.5 Å². The minimum Gasteiger partial charge on any atom is -0.444 e. The molecule has 4 rings (SSSR count). The number of fused-ring (bicyclic) bond motifs is 1. The summed E-state index contributed by atoms with van der Waals surface area (Å²) in [4.78, 5) is 23.1. The molecule has 0 saturated heterocycles. The second-order valence-electron chi connectivity index (χ2n) is 7.04. The summed E-state index contributed by atoms with van der Waals surface area (Å²) in [6.45, 7) is 6.53. The van der Waals surface area contributed by atoms with Gasteiger partial charge in [0.1, 0.15) is 29.5 Å². The second-order valence-corrected chi connectivity index (χ2v) is 7.04. The van der Waals surface area contributed by atoms with Crippen LogP contribution < -0.4 is 0 Å². The molecule has 8 heteroatoms. The first-order chi connectivity index (χ1) is 13.4. The normalized spacial score (nSPS) is 13.2. The van der Waals surface area contributed by atoms with E-state index in [1.165, 1.54) is 6.07 Å². The lowest BCUT2D eigenvalue weighted by molar-refractivity contribution is -0.132. The molecule has 7 nitrogen and oxygen atoms in total. The van der Waals surface area contributed by atoms with Crippen LogP contribution in [0.4, 0.5) is 4.39 Å². The van der Waals surface area contributed by atoms with Gasteiger partial charge in [-0.3, -0.25) is 9.48 Å². The van der Waals surface area contributed by atoms with Crippen LogP contribution in [0.1, 0.15) is 42.1 Å². The number of aryl methyl sites for hydroxylation is 3. The standard InChI is InChI=1S/C20H22FN5O2/c1-4-5-14-8-17(16-7-6-15(21)12(2)22-16)24-26(14)11-20(27)25-9-18-19(10-25)28-13(3)23-18/h6-8H,4-5,9-11H2,1-3H3. The van der Waals surface area contributed by atoms with Crippen LogP contribution in [0.15, 0.2) is 22.6 Å². The van der Waals surface area contributed by atoms with Crippen molar-refractivity contribution in [2.24, 2.45) is 0 Å². The number of oxazole rings is 1. The molecule has 0 radical (unpaired) electrons. The number of hydrogen-bond acceptors (Lipinski definition) is 5. The summed E-state index contributed by atoms with van der Waals surface area (Å²) in [6, 6.07) is 4.93. The van der Waals surface area contributed by atoms with Crippen LogP contribution >= 0.6 is 0 Å². The molecule has 0 fully saturated rings. The smallest absolute Gasteiger partial charge is 0.245 e. The Bertz CT molecular complexity index is 1020. The molecular weight excluding hydrogens is 361 g/mol. The highest BCUT2D eigenvalue weighted by molar-refractivity contribution is 5.76. The predicted octanol–water partition coefficient (Wildman–Crippen LogP) is 3.18. The molecule has 28 heavy (non-hydrogen) atoms. The average Bonchev–Trinajstić information content (AvgIpc) is 3.31. The summed E-state index contributed by atoms with van der Waals surface area (Å²) in [6.07, 6.45) is 1.72. The molecule has 0 spiro atoms. The maximum absolute atomic E-state index is 13.5. The lowest BCUT2D eigenvalue weighted by atomic mass is 10.2. The van der Waals surface area contributed by atoms with Gasteiger partial charge in [0.2, 0.25) is 5.91 Å². The van der Waals surface area contributed by atoms with Gasteiger partial charge in [0.25, 0.3) is 0 Å². The fourth-order valence-electron chi connectivity index (χ4n) is 3.44. The van der Waals surface area contributed by atoms with E-state index in [4.69, 9.17) is 4.42 Å². The van der Waals surface area contributed by atoms with Crippen molar-refractivity contribution in [3.63, 3.8) is 0 Å². The van der Waals surface area contributed by atoms with E-state index in [-0.39, 0.29) is 18.3 Å². The lowest BCUT2D eigenvalue weighted by Gasteiger charge is -2.16. The summed E-state index contributed by atoms with van der Waals surface area (Å²) in [5.41, 5.74) is 3.35. The van der Waals surface area contributed by atoms with Crippen LogP contribution in [0.5, 0.6) is 0 Å². The lowest BCUT2D eigenvalue weighted by Crippen LogP contribution is -2.30. The Hall–Kier alpha value is -3.03. The molecule has 3 aromatic rings. The topological polar surface area (TPSA) is 77.1 Å². The molecule has 1 amide bonds. The summed E-state index contributed by atoms with van der Waals surface area (Å²) in [5, 5.41) is 4.58. The molecule has 0 bridgehead atoms. The van der Waals surface area contributed by atoms with Gasteiger partial charge in [0, 0.05) is 12.6 Å². The third-order valence-electron chi connectivity index (χ3n) is 4.85. The van der Waals surface area contributed by atoms with Gasteiger partial charge < -0.3 is 9.32 Å². The quantitative estimate of drug-likeness (QED) is 0.676. The van der Waals surface area contributed by atoms with Crippen molar-refractivity contribution in [2.75, 3.05) is 0 Å². The second kappa shape index (κ2) is 7.18. The Labute approximate surface area is 162 Å².